The van der Waals surface area contributed by atoms with E-state index in [4.69, 9.17) is 11.6 Å². The number of H-pyrrole nitrogens is 1. The van der Waals surface area contributed by atoms with Crippen molar-refractivity contribution >= 4 is 34.1 Å². The third-order valence-corrected chi connectivity index (χ3v) is 5.31. The highest BCUT2D eigenvalue weighted by atomic mass is 35.5. The molecule has 134 valence electrons. The van der Waals surface area contributed by atoms with Gasteiger partial charge in [-0.05, 0) is 48.4 Å². The minimum Gasteiger partial charge on any atom is -0.368 e. The fraction of sp³-hybridized carbons (Fsp3) is 0.286. The largest absolute Gasteiger partial charge is 0.368 e. The van der Waals surface area contributed by atoms with Gasteiger partial charge in [0, 0.05) is 54.0 Å². The van der Waals surface area contributed by atoms with E-state index in [0.717, 1.165) is 42.6 Å². The standard InChI is InChI=1S/C21H22ClN3O/c1-15-3-2-4-18(11-15)24-7-9-25(10-8-24)21(26)12-16-14-23-20-6-5-17(22)13-19(16)20/h2-6,11,13-14,23H,7-10,12H2,1H3. The van der Waals surface area contributed by atoms with Crippen LogP contribution in [0.15, 0.2) is 48.7 Å². The van der Waals surface area contributed by atoms with E-state index in [2.05, 4.69) is 41.1 Å². The molecule has 0 unspecified atom stereocenters. The van der Waals surface area contributed by atoms with Gasteiger partial charge >= 0.3 is 0 Å². The number of nitrogens with one attached hydrogen (secondary N) is 1. The fourth-order valence-corrected chi connectivity index (χ4v) is 3.78. The van der Waals surface area contributed by atoms with Gasteiger partial charge in [0.05, 0.1) is 6.42 Å². The summed E-state index contributed by atoms with van der Waals surface area (Å²) in [6.07, 6.45) is 2.33. The monoisotopic (exact) mass is 367 g/mol. The van der Waals surface area contributed by atoms with Gasteiger partial charge in [0.2, 0.25) is 5.91 Å². The number of aryl methyl sites for hydroxylation is 1. The van der Waals surface area contributed by atoms with Crippen LogP contribution in [0.25, 0.3) is 10.9 Å². The number of amides is 1. The molecular weight excluding hydrogens is 346 g/mol. The lowest BCUT2D eigenvalue weighted by Gasteiger charge is -2.36. The lowest BCUT2D eigenvalue weighted by molar-refractivity contribution is -0.130. The predicted molar refractivity (Wildman–Crippen MR) is 107 cm³/mol. The van der Waals surface area contributed by atoms with Crippen LogP contribution in [0, 0.1) is 6.92 Å². The molecule has 4 nitrogen and oxygen atoms in total. The van der Waals surface area contributed by atoms with Crippen molar-refractivity contribution in [1.82, 2.24) is 9.88 Å². The van der Waals surface area contributed by atoms with Crippen molar-refractivity contribution in [2.45, 2.75) is 13.3 Å². The third kappa shape index (κ3) is 3.42. The fourth-order valence-electron chi connectivity index (χ4n) is 3.61. The number of carbonyl (C=O) groups excluding carboxylic acids is 1. The number of aromatic nitrogens is 1. The first-order chi connectivity index (χ1) is 12.6. The summed E-state index contributed by atoms with van der Waals surface area (Å²) in [5.41, 5.74) is 4.53. The maximum absolute atomic E-state index is 12.8. The summed E-state index contributed by atoms with van der Waals surface area (Å²) in [5, 5.41) is 1.72. The number of aromatic amines is 1. The van der Waals surface area contributed by atoms with E-state index in [1.165, 1.54) is 11.3 Å². The molecule has 1 aliphatic rings. The Labute approximate surface area is 158 Å². The Kier molecular flexibility index (Phi) is 4.60. The van der Waals surface area contributed by atoms with Gasteiger partial charge in [-0.2, -0.15) is 0 Å². The van der Waals surface area contributed by atoms with Crippen molar-refractivity contribution in [3.63, 3.8) is 0 Å². The SMILES string of the molecule is Cc1cccc(N2CCN(C(=O)Cc3c[nH]c4ccc(Cl)cc34)CC2)c1. The molecule has 1 aliphatic heterocycles. The Morgan fingerprint density at radius 3 is 2.69 bits per heavy atom. The highest BCUT2D eigenvalue weighted by Gasteiger charge is 2.22. The summed E-state index contributed by atoms with van der Waals surface area (Å²) in [4.78, 5) is 20.3. The molecule has 0 radical (unpaired) electrons. The van der Waals surface area contributed by atoms with Crippen LogP contribution in [-0.2, 0) is 11.2 Å². The van der Waals surface area contributed by atoms with Crippen LogP contribution in [-0.4, -0.2) is 42.0 Å². The topological polar surface area (TPSA) is 39.3 Å². The molecule has 3 aromatic rings. The van der Waals surface area contributed by atoms with E-state index in [-0.39, 0.29) is 5.91 Å². The van der Waals surface area contributed by atoms with Crippen LogP contribution in [0.3, 0.4) is 0 Å². The maximum atomic E-state index is 12.8. The van der Waals surface area contributed by atoms with E-state index < -0.39 is 0 Å². The van der Waals surface area contributed by atoms with Crippen molar-refractivity contribution in [1.29, 1.82) is 0 Å². The van der Waals surface area contributed by atoms with Crippen molar-refractivity contribution in [2.24, 2.45) is 0 Å². The van der Waals surface area contributed by atoms with Gasteiger partial charge in [-0.25, -0.2) is 0 Å². The summed E-state index contributed by atoms with van der Waals surface area (Å²) < 4.78 is 0. The molecule has 1 N–H and O–H groups in total. The highest BCUT2D eigenvalue weighted by Crippen LogP contribution is 2.24. The minimum atomic E-state index is 0.176. The molecule has 4 rings (SSSR count). The second-order valence-corrected chi connectivity index (χ2v) is 7.32. The van der Waals surface area contributed by atoms with Crippen LogP contribution in [0.1, 0.15) is 11.1 Å². The molecule has 26 heavy (non-hydrogen) atoms. The molecule has 2 aromatic carbocycles. The third-order valence-electron chi connectivity index (χ3n) is 5.07. The van der Waals surface area contributed by atoms with E-state index >= 15 is 0 Å². The van der Waals surface area contributed by atoms with Gasteiger partial charge in [-0.3, -0.25) is 4.79 Å². The van der Waals surface area contributed by atoms with E-state index in [1.54, 1.807) is 0 Å². The zero-order valence-electron chi connectivity index (χ0n) is 14.8. The lowest BCUT2D eigenvalue weighted by atomic mass is 10.1. The average molecular weight is 368 g/mol. The second kappa shape index (κ2) is 7.04. The number of hydrogen-bond donors (Lipinski definition) is 1. The zero-order chi connectivity index (χ0) is 18.1. The minimum absolute atomic E-state index is 0.176. The number of rotatable bonds is 3. The Morgan fingerprint density at radius 1 is 1.12 bits per heavy atom. The molecule has 5 heteroatoms. The molecular formula is C21H22ClN3O. The first-order valence-corrected chi connectivity index (χ1v) is 9.33. The van der Waals surface area contributed by atoms with Crippen molar-refractivity contribution < 1.29 is 4.79 Å². The Hall–Kier alpha value is -2.46. The van der Waals surface area contributed by atoms with Gasteiger partial charge in [0.1, 0.15) is 0 Å². The molecule has 0 atom stereocenters. The summed E-state index contributed by atoms with van der Waals surface area (Å²) in [5.74, 6) is 0.176. The second-order valence-electron chi connectivity index (χ2n) is 6.89. The Balaban J connectivity index is 1.41. The van der Waals surface area contributed by atoms with Gasteiger partial charge in [-0.1, -0.05) is 23.7 Å². The normalized spacial score (nSPS) is 14.8. The molecule has 0 bridgehead atoms. The molecule has 0 saturated carbocycles. The number of piperazine rings is 1. The van der Waals surface area contributed by atoms with E-state index in [9.17, 15) is 4.79 Å². The van der Waals surface area contributed by atoms with Gasteiger partial charge < -0.3 is 14.8 Å². The molecule has 2 heterocycles. The van der Waals surface area contributed by atoms with Crippen LogP contribution < -0.4 is 4.90 Å². The summed E-state index contributed by atoms with van der Waals surface area (Å²) in [7, 11) is 0. The smallest absolute Gasteiger partial charge is 0.227 e. The van der Waals surface area contributed by atoms with Crippen LogP contribution in [0.2, 0.25) is 5.02 Å². The first-order valence-electron chi connectivity index (χ1n) is 8.95. The van der Waals surface area contributed by atoms with E-state index in [0.29, 0.717) is 11.4 Å². The number of nitrogens with zero attached hydrogens (tertiary/aromatic N) is 2. The molecule has 1 fully saturated rings. The predicted octanol–water partition coefficient (Wildman–Crippen LogP) is 4.02. The Morgan fingerprint density at radius 2 is 1.92 bits per heavy atom. The Bertz CT molecular complexity index is 941. The van der Waals surface area contributed by atoms with Crippen molar-refractivity contribution in [3.05, 3.63) is 64.8 Å². The molecule has 0 aliphatic carbocycles. The van der Waals surface area contributed by atoms with Gasteiger partial charge in [0.25, 0.3) is 0 Å². The number of carbonyl (C=O) groups is 1. The number of hydrogen-bond acceptors (Lipinski definition) is 2. The summed E-state index contributed by atoms with van der Waals surface area (Å²) >= 11 is 6.10. The van der Waals surface area contributed by atoms with Crippen LogP contribution in [0.5, 0.6) is 0 Å². The summed E-state index contributed by atoms with van der Waals surface area (Å²) in [6.45, 7) is 5.37. The first kappa shape index (κ1) is 17.0. The number of fused-ring (bicyclic) bond motifs is 1. The number of halogens is 1. The zero-order valence-corrected chi connectivity index (χ0v) is 15.6. The average Bonchev–Trinajstić information content (AvgIpc) is 3.04. The van der Waals surface area contributed by atoms with Gasteiger partial charge in [0.15, 0.2) is 0 Å². The highest BCUT2D eigenvalue weighted by molar-refractivity contribution is 6.31. The quantitative estimate of drug-likeness (QED) is 0.759. The molecule has 1 saturated heterocycles. The van der Waals surface area contributed by atoms with Crippen LogP contribution in [0.4, 0.5) is 5.69 Å². The van der Waals surface area contributed by atoms with Crippen molar-refractivity contribution in [3.8, 4) is 0 Å². The summed E-state index contributed by atoms with van der Waals surface area (Å²) in [6, 6.07) is 14.3. The molecule has 1 aromatic heterocycles. The maximum Gasteiger partial charge on any atom is 0.227 e. The van der Waals surface area contributed by atoms with E-state index in [1.807, 2.05) is 29.3 Å². The molecule has 0 spiro atoms. The van der Waals surface area contributed by atoms with Gasteiger partial charge in [-0.15, -0.1) is 0 Å². The number of anilines is 1. The number of benzene rings is 2. The lowest BCUT2D eigenvalue weighted by Crippen LogP contribution is -2.49. The van der Waals surface area contributed by atoms with Crippen LogP contribution >= 0.6 is 11.6 Å². The molecule has 1 amide bonds. The van der Waals surface area contributed by atoms with Crippen molar-refractivity contribution in [2.75, 3.05) is 31.1 Å².